The Hall–Kier alpha value is -1.14. The highest BCUT2D eigenvalue weighted by Crippen LogP contribution is 2.23. The smallest absolute Gasteiger partial charge is 0.239 e. The van der Waals surface area contributed by atoms with E-state index in [-0.39, 0.29) is 17.9 Å². The number of carbonyl (C=O) groups is 2. The van der Waals surface area contributed by atoms with E-state index in [0.29, 0.717) is 5.91 Å². The molecule has 0 bridgehead atoms. The maximum Gasteiger partial charge on any atom is 0.239 e. The Labute approximate surface area is 164 Å². The molecule has 154 valence electrons. The van der Waals surface area contributed by atoms with Crippen molar-refractivity contribution in [1.29, 1.82) is 0 Å². The number of piperidine rings is 1. The van der Waals surface area contributed by atoms with Crippen molar-refractivity contribution in [2.45, 2.75) is 58.4 Å². The van der Waals surface area contributed by atoms with Crippen LogP contribution in [-0.4, -0.2) is 96.4 Å². The molecule has 0 saturated carbocycles. The van der Waals surface area contributed by atoms with Gasteiger partial charge in [0.1, 0.15) is 0 Å². The molecule has 6 heteroatoms. The minimum atomic E-state index is -0.0626. The summed E-state index contributed by atoms with van der Waals surface area (Å²) in [5.74, 6) is 0.795. The lowest BCUT2D eigenvalue weighted by atomic mass is 9.94. The van der Waals surface area contributed by atoms with Gasteiger partial charge in [-0.1, -0.05) is 19.8 Å². The molecule has 2 amide bonds. The summed E-state index contributed by atoms with van der Waals surface area (Å²) in [4.78, 5) is 34.6. The van der Waals surface area contributed by atoms with Crippen LogP contribution in [0.3, 0.4) is 0 Å². The van der Waals surface area contributed by atoms with Crippen molar-refractivity contribution in [2.75, 3.05) is 58.9 Å². The van der Waals surface area contributed by atoms with Crippen LogP contribution in [-0.2, 0) is 9.59 Å². The number of hydrogen-bond donors (Lipinski definition) is 0. The van der Waals surface area contributed by atoms with Gasteiger partial charge < -0.3 is 14.7 Å². The molecule has 3 fully saturated rings. The van der Waals surface area contributed by atoms with Crippen LogP contribution in [0, 0.1) is 5.92 Å². The quantitative estimate of drug-likeness (QED) is 0.746. The Morgan fingerprint density at radius 2 is 1.41 bits per heavy atom. The van der Waals surface area contributed by atoms with Gasteiger partial charge in [-0.05, 0) is 52.2 Å². The van der Waals surface area contributed by atoms with Crippen LogP contribution in [0.15, 0.2) is 0 Å². The molecule has 1 atom stereocenters. The molecule has 0 spiro atoms. The van der Waals surface area contributed by atoms with Crippen LogP contribution < -0.4 is 0 Å². The summed E-state index contributed by atoms with van der Waals surface area (Å²) < 4.78 is 0. The van der Waals surface area contributed by atoms with Gasteiger partial charge >= 0.3 is 0 Å². The third kappa shape index (κ3) is 5.23. The van der Waals surface area contributed by atoms with Gasteiger partial charge in [0.2, 0.25) is 11.8 Å². The Morgan fingerprint density at radius 1 is 0.815 bits per heavy atom. The molecule has 0 aromatic rings. The maximum absolute atomic E-state index is 12.9. The van der Waals surface area contributed by atoms with Gasteiger partial charge in [0.15, 0.2) is 0 Å². The second-order valence-electron chi connectivity index (χ2n) is 8.49. The highest BCUT2D eigenvalue weighted by atomic mass is 16.2. The van der Waals surface area contributed by atoms with Gasteiger partial charge in [0.05, 0.1) is 6.04 Å². The van der Waals surface area contributed by atoms with Gasteiger partial charge in [-0.3, -0.25) is 14.5 Å². The van der Waals surface area contributed by atoms with Crippen LogP contribution in [0.1, 0.15) is 52.4 Å². The molecule has 0 aliphatic carbocycles. The standard InChI is InChI=1S/C21H38N4O2/c1-3-22-14-16-25(17-15-22)20(26)18(2)23-12-8-19(9-13-23)21(27)24-10-6-4-5-7-11-24/h18-19H,3-17H2,1-2H3. The predicted octanol–water partition coefficient (Wildman–Crippen LogP) is 1.65. The first-order valence-electron chi connectivity index (χ1n) is 11.1. The molecule has 0 aromatic carbocycles. The Kier molecular flexibility index (Phi) is 7.53. The second-order valence-corrected chi connectivity index (χ2v) is 8.49. The molecule has 0 radical (unpaired) electrons. The Morgan fingerprint density at radius 3 is 1.96 bits per heavy atom. The SMILES string of the molecule is CCN1CCN(C(=O)C(C)N2CCC(C(=O)N3CCCCCC3)CC2)CC1. The monoisotopic (exact) mass is 378 g/mol. The van der Waals surface area contributed by atoms with Crippen LogP contribution in [0.4, 0.5) is 0 Å². The molecule has 27 heavy (non-hydrogen) atoms. The maximum atomic E-state index is 12.9. The number of carbonyl (C=O) groups excluding carboxylic acids is 2. The van der Waals surface area contributed by atoms with E-state index >= 15 is 0 Å². The average molecular weight is 379 g/mol. The van der Waals surface area contributed by atoms with Gasteiger partial charge in [-0.15, -0.1) is 0 Å². The molecule has 3 aliphatic rings. The van der Waals surface area contributed by atoms with Crippen LogP contribution in [0.5, 0.6) is 0 Å². The van der Waals surface area contributed by atoms with Crippen molar-refractivity contribution < 1.29 is 9.59 Å². The molecular weight excluding hydrogens is 340 g/mol. The molecule has 3 heterocycles. The summed E-state index contributed by atoms with van der Waals surface area (Å²) in [6, 6.07) is -0.0626. The number of piperazine rings is 1. The summed E-state index contributed by atoms with van der Waals surface area (Å²) in [7, 11) is 0. The molecule has 3 aliphatic heterocycles. The normalized spacial score (nSPS) is 25.3. The highest BCUT2D eigenvalue weighted by molar-refractivity contribution is 5.82. The van der Waals surface area contributed by atoms with Gasteiger partial charge in [0.25, 0.3) is 0 Å². The number of rotatable bonds is 4. The molecule has 1 unspecified atom stereocenters. The van der Waals surface area contributed by atoms with Crippen molar-refractivity contribution >= 4 is 11.8 Å². The zero-order valence-corrected chi connectivity index (χ0v) is 17.4. The Bertz CT molecular complexity index is 488. The molecule has 6 nitrogen and oxygen atoms in total. The van der Waals surface area contributed by atoms with Crippen LogP contribution in [0.2, 0.25) is 0 Å². The second kappa shape index (κ2) is 9.87. The Balaban J connectivity index is 1.45. The van der Waals surface area contributed by atoms with E-state index in [1.54, 1.807) is 0 Å². The first kappa shape index (κ1) is 20.6. The van der Waals surface area contributed by atoms with E-state index in [9.17, 15) is 9.59 Å². The highest BCUT2D eigenvalue weighted by Gasteiger charge is 2.34. The molecule has 0 aromatic heterocycles. The van der Waals surface area contributed by atoms with E-state index in [0.717, 1.165) is 84.6 Å². The minimum Gasteiger partial charge on any atom is -0.342 e. The van der Waals surface area contributed by atoms with E-state index in [1.807, 2.05) is 11.8 Å². The fourth-order valence-corrected chi connectivity index (χ4v) is 4.79. The van der Waals surface area contributed by atoms with Crippen molar-refractivity contribution in [3.8, 4) is 0 Å². The predicted molar refractivity (Wildman–Crippen MR) is 108 cm³/mol. The summed E-state index contributed by atoms with van der Waals surface area (Å²) >= 11 is 0. The van der Waals surface area contributed by atoms with Gasteiger partial charge in [-0.25, -0.2) is 0 Å². The van der Waals surface area contributed by atoms with Crippen LogP contribution in [0.25, 0.3) is 0 Å². The van der Waals surface area contributed by atoms with Crippen molar-refractivity contribution in [1.82, 2.24) is 19.6 Å². The summed E-state index contributed by atoms with van der Waals surface area (Å²) in [6.07, 6.45) is 6.62. The van der Waals surface area contributed by atoms with E-state index < -0.39 is 0 Å². The van der Waals surface area contributed by atoms with Crippen molar-refractivity contribution in [3.05, 3.63) is 0 Å². The third-order valence-electron chi connectivity index (χ3n) is 6.83. The summed E-state index contributed by atoms with van der Waals surface area (Å²) in [6.45, 7) is 12.6. The topological polar surface area (TPSA) is 47.1 Å². The number of likely N-dealkylation sites (tertiary alicyclic amines) is 2. The number of amides is 2. The lowest BCUT2D eigenvalue weighted by molar-refractivity contribution is -0.140. The van der Waals surface area contributed by atoms with Crippen molar-refractivity contribution in [3.63, 3.8) is 0 Å². The van der Waals surface area contributed by atoms with Gasteiger partial charge in [0, 0.05) is 45.2 Å². The molecule has 0 N–H and O–H groups in total. The van der Waals surface area contributed by atoms with Crippen LogP contribution >= 0.6 is 0 Å². The lowest BCUT2D eigenvalue weighted by Gasteiger charge is -2.40. The first-order chi connectivity index (χ1) is 13.1. The van der Waals surface area contributed by atoms with E-state index in [1.165, 1.54) is 12.8 Å². The fourth-order valence-electron chi connectivity index (χ4n) is 4.79. The fraction of sp³-hybridized carbons (Fsp3) is 0.905. The average Bonchev–Trinajstić information content (AvgIpc) is 3.02. The van der Waals surface area contributed by atoms with Crippen molar-refractivity contribution in [2.24, 2.45) is 5.92 Å². The largest absolute Gasteiger partial charge is 0.342 e. The summed E-state index contributed by atoms with van der Waals surface area (Å²) in [5.41, 5.74) is 0. The summed E-state index contributed by atoms with van der Waals surface area (Å²) in [5, 5.41) is 0. The van der Waals surface area contributed by atoms with E-state index in [2.05, 4.69) is 21.6 Å². The minimum absolute atomic E-state index is 0.0626. The zero-order chi connectivity index (χ0) is 19.2. The lowest BCUT2D eigenvalue weighted by Crippen LogP contribution is -2.55. The van der Waals surface area contributed by atoms with E-state index in [4.69, 9.17) is 0 Å². The van der Waals surface area contributed by atoms with Gasteiger partial charge in [-0.2, -0.15) is 0 Å². The first-order valence-corrected chi connectivity index (χ1v) is 11.1. The molecule has 3 rings (SSSR count). The molecular formula is C21H38N4O2. The zero-order valence-electron chi connectivity index (χ0n) is 17.4. The molecule has 3 saturated heterocycles. The number of nitrogens with zero attached hydrogens (tertiary/aromatic N) is 4. The third-order valence-corrected chi connectivity index (χ3v) is 6.83. The number of likely N-dealkylation sites (N-methyl/N-ethyl adjacent to an activating group) is 1. The number of hydrogen-bond acceptors (Lipinski definition) is 4.